The van der Waals surface area contributed by atoms with Crippen molar-refractivity contribution < 1.29 is 36.4 Å². The summed E-state index contributed by atoms with van der Waals surface area (Å²) in [5.74, 6) is -5.93. The van der Waals surface area contributed by atoms with E-state index < -0.39 is 75.7 Å². The average Bonchev–Trinajstić information content (AvgIpc) is 2.79. The number of hydrogen-bond acceptors (Lipinski definition) is 10. The highest BCUT2D eigenvalue weighted by atomic mass is 35.5. The number of halogens is 1. The van der Waals surface area contributed by atoms with Crippen LogP contribution < -0.4 is 26.6 Å². The maximum Gasteiger partial charge on any atom is 0.328 e. The number of aromatic nitrogens is 1. The Morgan fingerprint density at radius 2 is 1.78 bits per heavy atom. The third-order valence-corrected chi connectivity index (χ3v) is 7.46. The number of nitrogens with zero attached hydrogens (tertiary/aromatic N) is 4. The number of benzene rings is 1. The highest BCUT2D eigenvalue weighted by Gasteiger charge is 2.41. The fourth-order valence-electron chi connectivity index (χ4n) is 3.14. The molecule has 1 fully saturated rings. The van der Waals surface area contributed by atoms with Crippen molar-refractivity contribution in [3.63, 3.8) is 0 Å². The molecule has 6 N–H and O–H groups in total. The van der Waals surface area contributed by atoms with Gasteiger partial charge in [0.15, 0.2) is 21.7 Å². The number of carbonyl (C=O) groups is 4. The molecule has 16 nitrogen and oxygen atoms in total. The van der Waals surface area contributed by atoms with E-state index in [1.165, 1.54) is 24.5 Å². The Kier molecular flexibility index (Phi) is 6.60. The van der Waals surface area contributed by atoms with Gasteiger partial charge in [-0.2, -0.15) is 5.10 Å². The number of amidine groups is 1. The number of fused-ring (bicyclic) bond motifs is 1. The standard InChI is InChI=1S/C18H13ClN8O8S2/c19-8-5-9-11(6-10(8)36(20,32)33)37(34,35)27-14(22-9)13(12-16(29)23-18(31)24-17(12)30)25-26-15(28)7-1-3-21-4-2-7/h1-6,12H,(H,26,28)(H2,20,32,33)(H,22,27,34,35)(H2,23,24,29,30,31)/b25-13+. The quantitative estimate of drug-likeness (QED) is 0.117. The number of nitrogens with one attached hydrogen (secondary N) is 3. The number of barbiturate groups is 1. The van der Waals surface area contributed by atoms with Crippen molar-refractivity contribution in [2.45, 2.75) is 4.90 Å². The van der Waals surface area contributed by atoms with E-state index in [0.29, 0.717) is 6.07 Å². The molecule has 2 aromatic rings. The molecule has 0 saturated carbocycles. The van der Waals surface area contributed by atoms with Gasteiger partial charge in [0.1, 0.15) is 15.1 Å². The molecule has 1 aromatic carbocycles. The van der Waals surface area contributed by atoms with E-state index in [1.807, 2.05) is 10.6 Å². The summed E-state index contributed by atoms with van der Waals surface area (Å²) in [6, 6.07) is 3.13. The molecule has 19 heteroatoms. The lowest BCUT2D eigenvalue weighted by atomic mass is 9.99. The van der Waals surface area contributed by atoms with Crippen LogP contribution in [-0.4, -0.2) is 57.5 Å². The Balaban J connectivity index is 1.90. The molecule has 2 aliphatic heterocycles. The molecule has 0 bridgehead atoms. The number of urea groups is 1. The number of sulfonamides is 1. The number of pyridine rings is 1. The first-order valence-electron chi connectivity index (χ1n) is 9.66. The van der Waals surface area contributed by atoms with Gasteiger partial charge < -0.3 is 0 Å². The zero-order valence-corrected chi connectivity index (χ0v) is 20.3. The second-order valence-corrected chi connectivity index (χ2v) is 10.8. The van der Waals surface area contributed by atoms with Crippen LogP contribution in [0.3, 0.4) is 0 Å². The molecule has 0 spiro atoms. The fraction of sp³-hybridized carbons (Fsp3) is 0.0556. The molecular formula is C18H13ClN8O8S2. The number of primary sulfonamides is 1. The fourth-order valence-corrected chi connectivity index (χ4v) is 5.42. The van der Waals surface area contributed by atoms with Crippen molar-refractivity contribution in [3.05, 3.63) is 57.1 Å². The number of carbonyl (C=O) groups excluding carboxylic acids is 4. The van der Waals surface area contributed by atoms with Crippen molar-refractivity contribution >= 4 is 66.9 Å². The number of hydrazone groups is 1. The van der Waals surface area contributed by atoms with Crippen molar-refractivity contribution in [1.29, 1.82) is 0 Å². The highest BCUT2D eigenvalue weighted by molar-refractivity contribution is 7.89. The molecule has 0 aliphatic carbocycles. The van der Waals surface area contributed by atoms with E-state index in [2.05, 4.69) is 24.9 Å². The summed E-state index contributed by atoms with van der Waals surface area (Å²) in [5.41, 5.74) is 1.43. The highest BCUT2D eigenvalue weighted by Crippen LogP contribution is 2.20. The van der Waals surface area contributed by atoms with E-state index in [-0.39, 0.29) is 10.9 Å². The summed E-state index contributed by atoms with van der Waals surface area (Å²) in [7, 11) is -8.88. The summed E-state index contributed by atoms with van der Waals surface area (Å²) in [5, 5.41) is 11.7. The molecule has 192 valence electrons. The third-order valence-electron chi connectivity index (χ3n) is 4.76. The Labute approximate surface area is 211 Å². The molecule has 1 atom stereocenters. The van der Waals surface area contributed by atoms with Gasteiger partial charge in [0.25, 0.3) is 5.91 Å². The van der Waals surface area contributed by atoms with Gasteiger partial charge in [-0.05, 0) is 24.3 Å². The summed E-state index contributed by atoms with van der Waals surface area (Å²) in [6.45, 7) is 0. The lowest BCUT2D eigenvalue weighted by Gasteiger charge is -2.22. The van der Waals surface area contributed by atoms with E-state index in [4.69, 9.17) is 16.7 Å². The number of hydrogen-bond donors (Lipinski definition) is 5. The van der Waals surface area contributed by atoms with Crippen LogP contribution in [0.1, 0.15) is 10.4 Å². The molecule has 1 aromatic heterocycles. The van der Waals surface area contributed by atoms with Gasteiger partial charge in [-0.1, -0.05) is 11.6 Å². The Bertz CT molecular complexity index is 1760. The van der Waals surface area contributed by atoms with E-state index in [1.54, 1.807) is 0 Å². The molecule has 2 aliphatic rings. The van der Waals surface area contributed by atoms with Crippen LogP contribution >= 0.6 is 11.6 Å². The first-order valence-corrected chi connectivity index (χ1v) is 13.1. The van der Waals surface area contributed by atoms with Gasteiger partial charge in [-0.3, -0.25) is 34.6 Å². The lowest BCUT2D eigenvalue weighted by Crippen LogP contribution is -2.59. The normalized spacial score (nSPS) is 20.2. The average molecular weight is 569 g/mol. The third kappa shape index (κ3) is 5.22. The molecule has 0 radical (unpaired) electrons. The van der Waals surface area contributed by atoms with Crippen LogP contribution in [-0.2, 0) is 29.6 Å². The molecular weight excluding hydrogens is 556 g/mol. The largest absolute Gasteiger partial charge is 0.328 e. The number of rotatable bonds is 5. The Morgan fingerprint density at radius 3 is 2.38 bits per heavy atom. The predicted molar refractivity (Wildman–Crippen MR) is 125 cm³/mol. The number of nitrogens with two attached hydrogens (primary N) is 1. The minimum Gasteiger partial charge on any atom is -0.296 e. The number of imide groups is 2. The summed E-state index contributed by atoms with van der Waals surface area (Å²) < 4.78 is 50.1. The van der Waals surface area contributed by atoms with Crippen LogP contribution in [0.25, 0.3) is 0 Å². The van der Waals surface area contributed by atoms with Crippen LogP contribution in [0, 0.1) is 10.4 Å². The monoisotopic (exact) mass is 568 g/mol. The van der Waals surface area contributed by atoms with E-state index >= 15 is 0 Å². The molecule has 4 rings (SSSR count). The van der Waals surface area contributed by atoms with E-state index in [0.717, 1.165) is 6.07 Å². The van der Waals surface area contributed by atoms with Gasteiger partial charge in [0.2, 0.25) is 21.8 Å². The van der Waals surface area contributed by atoms with Gasteiger partial charge in [-0.25, -0.2) is 33.0 Å². The zero-order chi connectivity index (χ0) is 27.1. The van der Waals surface area contributed by atoms with Crippen LogP contribution in [0.4, 0.5) is 4.79 Å². The van der Waals surface area contributed by atoms with Crippen LogP contribution in [0.2, 0.25) is 5.02 Å². The second-order valence-electron chi connectivity index (χ2n) is 7.23. The van der Waals surface area contributed by atoms with Crippen molar-refractivity contribution in [3.8, 4) is 0 Å². The molecule has 5 amide bonds. The smallest absolute Gasteiger partial charge is 0.296 e. The minimum absolute atomic E-state index is 0.0759. The van der Waals surface area contributed by atoms with Crippen LogP contribution in [0.5, 0.6) is 0 Å². The Morgan fingerprint density at radius 1 is 1.16 bits per heavy atom. The minimum atomic E-state index is -4.48. The molecule has 37 heavy (non-hydrogen) atoms. The predicted octanol–water partition coefficient (Wildman–Crippen LogP) is -1.89. The summed E-state index contributed by atoms with van der Waals surface area (Å²) >= 11 is 5.96. The maximum atomic E-state index is 13.0. The van der Waals surface area contributed by atoms with Crippen molar-refractivity contribution in [1.82, 2.24) is 21.0 Å². The number of amides is 5. The van der Waals surface area contributed by atoms with Gasteiger partial charge in [0, 0.05) is 18.0 Å². The van der Waals surface area contributed by atoms with Gasteiger partial charge in [0.05, 0.1) is 10.4 Å². The molecule has 1 saturated heterocycles. The topological polar surface area (TPSA) is 252 Å². The lowest BCUT2D eigenvalue weighted by molar-refractivity contribution is -0.132. The molecule has 3 heterocycles. The first kappa shape index (κ1) is 26.0. The first-order chi connectivity index (χ1) is 17.3. The van der Waals surface area contributed by atoms with Crippen molar-refractivity contribution in [2.24, 2.45) is 25.5 Å². The SMILES string of the molecule is NS(=O)(=O)c1cc2c(cc1Cl)=NC(/C(=N/NC(=O)c1ccncc1)C1C(=O)NC(=O)NC1=O)=NS=2(=O)O. The summed E-state index contributed by atoms with van der Waals surface area (Å²) in [4.78, 5) is 56.1. The van der Waals surface area contributed by atoms with E-state index in [9.17, 15) is 36.4 Å². The second kappa shape index (κ2) is 9.41. The molecule has 1 unspecified atom stereocenters. The zero-order valence-electron chi connectivity index (χ0n) is 17.9. The van der Waals surface area contributed by atoms with Crippen LogP contribution in [0.15, 0.2) is 56.0 Å². The van der Waals surface area contributed by atoms with Gasteiger partial charge in [-0.15, -0.1) is 4.40 Å². The summed E-state index contributed by atoms with van der Waals surface area (Å²) in [6.07, 6.45) is 2.62. The Hall–Kier alpha value is -4.10. The van der Waals surface area contributed by atoms with Gasteiger partial charge >= 0.3 is 6.03 Å². The van der Waals surface area contributed by atoms with Crippen molar-refractivity contribution in [2.75, 3.05) is 0 Å². The maximum absolute atomic E-state index is 13.0.